The first-order valence-corrected chi connectivity index (χ1v) is 8.94. The second kappa shape index (κ2) is 9.12. The first kappa shape index (κ1) is 18.8. The molecule has 2 aromatic carbocycles. The molecule has 3 aromatic rings. The van der Waals surface area contributed by atoms with E-state index in [2.05, 4.69) is 10.2 Å². The Kier molecular flexibility index (Phi) is 6.35. The SMILES string of the molecule is N[C@@H](Cc1ccc(-c2cn[nH]c2)cc1)C(=O)N(CCO)Cc1ccccc1. The molecule has 0 aliphatic rings. The van der Waals surface area contributed by atoms with Gasteiger partial charge in [0.05, 0.1) is 18.8 Å². The molecule has 6 nitrogen and oxygen atoms in total. The van der Waals surface area contributed by atoms with Crippen LogP contribution in [0.2, 0.25) is 0 Å². The summed E-state index contributed by atoms with van der Waals surface area (Å²) in [6, 6.07) is 17.0. The smallest absolute Gasteiger partial charge is 0.240 e. The van der Waals surface area contributed by atoms with Crippen LogP contribution in [0.15, 0.2) is 67.0 Å². The summed E-state index contributed by atoms with van der Waals surface area (Å²) >= 11 is 0. The zero-order valence-electron chi connectivity index (χ0n) is 15.1. The molecule has 0 saturated heterocycles. The van der Waals surface area contributed by atoms with Crippen molar-refractivity contribution in [2.75, 3.05) is 13.2 Å². The number of nitrogens with zero attached hydrogens (tertiary/aromatic N) is 2. The fourth-order valence-electron chi connectivity index (χ4n) is 3.01. The third kappa shape index (κ3) is 5.03. The minimum Gasteiger partial charge on any atom is -0.395 e. The minimum absolute atomic E-state index is 0.0926. The first-order chi connectivity index (χ1) is 13.2. The standard InChI is InChI=1S/C21H24N4O2/c22-20(12-16-6-8-18(9-7-16)19-13-23-24-14-19)21(27)25(10-11-26)15-17-4-2-1-3-5-17/h1-9,13-14,20,26H,10-12,15,22H2,(H,23,24)/t20-/m0/s1. The van der Waals surface area contributed by atoms with Crippen LogP contribution in [0.3, 0.4) is 0 Å². The normalized spacial score (nSPS) is 11.9. The number of rotatable bonds is 8. The van der Waals surface area contributed by atoms with E-state index in [1.807, 2.05) is 60.8 Å². The Bertz CT molecular complexity index is 832. The van der Waals surface area contributed by atoms with Crippen molar-refractivity contribution in [2.24, 2.45) is 5.73 Å². The molecule has 140 valence electrons. The third-order valence-corrected chi connectivity index (χ3v) is 4.46. The van der Waals surface area contributed by atoms with Crippen molar-refractivity contribution < 1.29 is 9.90 Å². The van der Waals surface area contributed by atoms with Gasteiger partial charge in [-0.3, -0.25) is 9.89 Å². The summed E-state index contributed by atoms with van der Waals surface area (Å²) in [5, 5.41) is 16.1. The van der Waals surface area contributed by atoms with Crippen LogP contribution >= 0.6 is 0 Å². The number of aromatic nitrogens is 2. The number of aromatic amines is 1. The van der Waals surface area contributed by atoms with Gasteiger partial charge in [0.2, 0.25) is 5.91 Å². The van der Waals surface area contributed by atoms with Crippen molar-refractivity contribution in [1.29, 1.82) is 0 Å². The number of carbonyl (C=O) groups is 1. The van der Waals surface area contributed by atoms with Gasteiger partial charge in [0, 0.05) is 24.8 Å². The first-order valence-electron chi connectivity index (χ1n) is 8.94. The Balaban J connectivity index is 1.64. The monoisotopic (exact) mass is 364 g/mol. The summed E-state index contributed by atoms with van der Waals surface area (Å²) < 4.78 is 0. The zero-order chi connectivity index (χ0) is 19.1. The number of nitrogens with one attached hydrogen (secondary N) is 1. The fourth-order valence-corrected chi connectivity index (χ4v) is 3.01. The van der Waals surface area contributed by atoms with E-state index in [1.165, 1.54) is 0 Å². The fraction of sp³-hybridized carbons (Fsp3) is 0.238. The number of aliphatic hydroxyl groups is 1. The lowest BCUT2D eigenvalue weighted by atomic mass is 10.0. The van der Waals surface area contributed by atoms with E-state index in [0.717, 1.165) is 22.3 Å². The summed E-state index contributed by atoms with van der Waals surface area (Å²) in [7, 11) is 0. The average molecular weight is 364 g/mol. The molecular formula is C21H24N4O2. The molecule has 3 rings (SSSR count). The van der Waals surface area contributed by atoms with Gasteiger partial charge < -0.3 is 15.7 Å². The number of carbonyl (C=O) groups excluding carboxylic acids is 1. The molecule has 0 aliphatic heterocycles. The number of H-pyrrole nitrogens is 1. The Morgan fingerprint density at radius 2 is 1.81 bits per heavy atom. The highest BCUT2D eigenvalue weighted by atomic mass is 16.3. The lowest BCUT2D eigenvalue weighted by Gasteiger charge is -2.25. The van der Waals surface area contributed by atoms with Gasteiger partial charge in [-0.05, 0) is 23.1 Å². The number of amides is 1. The van der Waals surface area contributed by atoms with Crippen LogP contribution in [0.1, 0.15) is 11.1 Å². The van der Waals surface area contributed by atoms with E-state index < -0.39 is 6.04 Å². The predicted octanol–water partition coefficient (Wildman–Crippen LogP) is 1.97. The summed E-state index contributed by atoms with van der Waals surface area (Å²) in [6.45, 7) is 0.610. The molecule has 0 spiro atoms. The highest BCUT2D eigenvalue weighted by Crippen LogP contribution is 2.18. The topological polar surface area (TPSA) is 95.2 Å². The molecule has 1 aromatic heterocycles. The van der Waals surface area contributed by atoms with E-state index in [9.17, 15) is 9.90 Å². The molecule has 0 saturated carbocycles. The van der Waals surface area contributed by atoms with E-state index in [0.29, 0.717) is 13.0 Å². The second-order valence-corrected chi connectivity index (χ2v) is 6.46. The maximum Gasteiger partial charge on any atom is 0.240 e. The molecular weight excluding hydrogens is 340 g/mol. The van der Waals surface area contributed by atoms with Crippen molar-refractivity contribution in [2.45, 2.75) is 19.0 Å². The van der Waals surface area contributed by atoms with E-state index in [-0.39, 0.29) is 19.1 Å². The molecule has 0 bridgehead atoms. The number of hydrogen-bond acceptors (Lipinski definition) is 4. The lowest BCUT2D eigenvalue weighted by molar-refractivity contribution is -0.133. The van der Waals surface area contributed by atoms with Crippen LogP contribution in [0, 0.1) is 0 Å². The van der Waals surface area contributed by atoms with Gasteiger partial charge in [-0.2, -0.15) is 5.10 Å². The molecule has 6 heteroatoms. The molecule has 0 radical (unpaired) electrons. The van der Waals surface area contributed by atoms with Gasteiger partial charge in [-0.15, -0.1) is 0 Å². The highest BCUT2D eigenvalue weighted by molar-refractivity contribution is 5.82. The van der Waals surface area contributed by atoms with Crippen LogP contribution in [-0.4, -0.2) is 45.3 Å². The molecule has 0 unspecified atom stereocenters. The molecule has 1 atom stereocenters. The van der Waals surface area contributed by atoms with Crippen LogP contribution < -0.4 is 5.73 Å². The average Bonchev–Trinajstić information content (AvgIpc) is 3.23. The van der Waals surface area contributed by atoms with Crippen molar-refractivity contribution in [3.05, 3.63) is 78.1 Å². The van der Waals surface area contributed by atoms with Crippen LogP contribution in [0.4, 0.5) is 0 Å². The van der Waals surface area contributed by atoms with Gasteiger partial charge in [-0.1, -0.05) is 54.6 Å². The van der Waals surface area contributed by atoms with Gasteiger partial charge >= 0.3 is 0 Å². The summed E-state index contributed by atoms with van der Waals surface area (Å²) in [4.78, 5) is 14.4. The maximum atomic E-state index is 12.8. The van der Waals surface area contributed by atoms with E-state index in [1.54, 1.807) is 11.1 Å². The Labute approximate surface area is 158 Å². The van der Waals surface area contributed by atoms with Crippen LogP contribution in [0.25, 0.3) is 11.1 Å². The van der Waals surface area contributed by atoms with E-state index in [4.69, 9.17) is 5.73 Å². The van der Waals surface area contributed by atoms with Crippen LogP contribution in [0.5, 0.6) is 0 Å². The zero-order valence-corrected chi connectivity index (χ0v) is 15.1. The largest absolute Gasteiger partial charge is 0.395 e. The molecule has 1 heterocycles. The van der Waals surface area contributed by atoms with Gasteiger partial charge in [0.15, 0.2) is 0 Å². The Hall–Kier alpha value is -2.96. The molecule has 27 heavy (non-hydrogen) atoms. The Morgan fingerprint density at radius 3 is 2.44 bits per heavy atom. The second-order valence-electron chi connectivity index (χ2n) is 6.46. The van der Waals surface area contributed by atoms with Crippen molar-refractivity contribution in [1.82, 2.24) is 15.1 Å². The molecule has 4 N–H and O–H groups in total. The molecule has 0 aliphatic carbocycles. The highest BCUT2D eigenvalue weighted by Gasteiger charge is 2.21. The predicted molar refractivity (Wildman–Crippen MR) is 105 cm³/mol. The Morgan fingerprint density at radius 1 is 1.07 bits per heavy atom. The molecule has 0 fully saturated rings. The number of hydrogen-bond donors (Lipinski definition) is 3. The van der Waals surface area contributed by atoms with Gasteiger partial charge in [-0.25, -0.2) is 0 Å². The van der Waals surface area contributed by atoms with E-state index >= 15 is 0 Å². The number of benzene rings is 2. The maximum absolute atomic E-state index is 12.8. The minimum atomic E-state index is -0.653. The quantitative estimate of drug-likeness (QED) is 0.569. The summed E-state index contributed by atoms with van der Waals surface area (Å²) in [5.74, 6) is -0.160. The van der Waals surface area contributed by atoms with Crippen molar-refractivity contribution in [3.63, 3.8) is 0 Å². The summed E-state index contributed by atoms with van der Waals surface area (Å²) in [6.07, 6.45) is 4.04. The number of nitrogens with two attached hydrogens (primary N) is 1. The number of aliphatic hydroxyl groups excluding tert-OH is 1. The van der Waals surface area contributed by atoms with Gasteiger partial charge in [0.25, 0.3) is 0 Å². The molecule has 1 amide bonds. The third-order valence-electron chi connectivity index (χ3n) is 4.46. The van der Waals surface area contributed by atoms with Crippen LogP contribution in [-0.2, 0) is 17.8 Å². The summed E-state index contributed by atoms with van der Waals surface area (Å²) in [5.41, 5.74) is 10.2. The van der Waals surface area contributed by atoms with Crippen molar-refractivity contribution in [3.8, 4) is 11.1 Å². The lowest BCUT2D eigenvalue weighted by Crippen LogP contribution is -2.45. The van der Waals surface area contributed by atoms with Gasteiger partial charge in [0.1, 0.15) is 0 Å². The van der Waals surface area contributed by atoms with Crippen molar-refractivity contribution >= 4 is 5.91 Å².